The zero-order chi connectivity index (χ0) is 14.6. The van der Waals surface area contributed by atoms with E-state index in [4.69, 9.17) is 4.74 Å². The van der Waals surface area contributed by atoms with Crippen molar-refractivity contribution in [1.29, 1.82) is 0 Å². The number of ether oxygens (including phenoxy) is 1. The third-order valence-electron chi connectivity index (χ3n) is 4.00. The lowest BCUT2D eigenvalue weighted by molar-refractivity contribution is -0.166. The Hall–Kier alpha value is -1.42. The van der Waals surface area contributed by atoms with Crippen LogP contribution >= 0.6 is 0 Å². The van der Waals surface area contributed by atoms with E-state index in [1.165, 1.54) is 0 Å². The van der Waals surface area contributed by atoms with E-state index in [0.717, 1.165) is 12.1 Å². The maximum absolute atomic E-state index is 15.2. The second kappa shape index (κ2) is 6.35. The molecule has 0 aromatic heterocycles. The van der Waals surface area contributed by atoms with Crippen LogP contribution in [0.5, 0.6) is 0 Å². The molecule has 3 nitrogen and oxygen atoms in total. The molecule has 0 amide bonds. The number of likely N-dealkylation sites (N-methyl/N-ethyl adjacent to an activating group) is 1. The van der Waals surface area contributed by atoms with E-state index in [1.54, 1.807) is 6.92 Å². The first-order chi connectivity index (χ1) is 9.58. The Morgan fingerprint density at radius 3 is 2.80 bits per heavy atom. The minimum Gasteiger partial charge on any atom is -0.464 e. The molecule has 110 valence electrons. The minimum absolute atomic E-state index is 0.215. The van der Waals surface area contributed by atoms with Gasteiger partial charge in [-0.3, -0.25) is 4.90 Å². The van der Waals surface area contributed by atoms with Gasteiger partial charge < -0.3 is 4.74 Å². The number of carbonyl (C=O) groups is 1. The monoisotopic (exact) mass is 279 g/mol. The van der Waals surface area contributed by atoms with Crippen molar-refractivity contribution in [2.24, 2.45) is 0 Å². The number of alkyl halides is 1. The number of rotatable bonds is 4. The summed E-state index contributed by atoms with van der Waals surface area (Å²) in [5.74, 6) is -0.715. The number of piperidine rings is 1. The summed E-state index contributed by atoms with van der Waals surface area (Å²) in [6.07, 6.45) is 1.44. The fourth-order valence-electron chi connectivity index (χ4n) is 2.90. The van der Waals surface area contributed by atoms with E-state index in [2.05, 4.69) is 0 Å². The van der Waals surface area contributed by atoms with Crippen molar-refractivity contribution in [3.05, 3.63) is 35.9 Å². The van der Waals surface area contributed by atoms with Gasteiger partial charge in [-0.1, -0.05) is 30.3 Å². The average molecular weight is 279 g/mol. The Morgan fingerprint density at radius 2 is 2.15 bits per heavy atom. The molecule has 0 aliphatic carbocycles. The van der Waals surface area contributed by atoms with E-state index >= 15 is 4.39 Å². The molecule has 1 fully saturated rings. The molecular weight excluding hydrogens is 257 g/mol. The van der Waals surface area contributed by atoms with E-state index in [-0.39, 0.29) is 13.0 Å². The van der Waals surface area contributed by atoms with Crippen molar-refractivity contribution in [2.75, 3.05) is 20.2 Å². The fourth-order valence-corrected chi connectivity index (χ4v) is 2.90. The summed E-state index contributed by atoms with van der Waals surface area (Å²) in [4.78, 5) is 14.0. The van der Waals surface area contributed by atoms with Crippen molar-refractivity contribution in [2.45, 2.75) is 37.9 Å². The number of nitrogens with zero attached hydrogens (tertiary/aromatic N) is 1. The molecule has 0 radical (unpaired) electrons. The summed E-state index contributed by atoms with van der Waals surface area (Å²) in [6, 6.07) is 9.27. The van der Waals surface area contributed by atoms with Crippen LogP contribution in [0, 0.1) is 0 Å². The molecule has 4 heteroatoms. The van der Waals surface area contributed by atoms with Crippen LogP contribution in [-0.4, -0.2) is 42.8 Å². The maximum atomic E-state index is 15.2. The van der Waals surface area contributed by atoms with E-state index in [0.29, 0.717) is 12.8 Å². The van der Waals surface area contributed by atoms with Crippen molar-refractivity contribution in [1.82, 2.24) is 4.90 Å². The molecule has 1 aliphatic rings. The van der Waals surface area contributed by atoms with E-state index in [1.807, 2.05) is 42.3 Å². The normalized spacial score (nSPS) is 27.2. The Bertz CT molecular complexity index is 451. The number of hydrogen-bond donors (Lipinski definition) is 0. The molecule has 0 N–H and O–H groups in total. The molecule has 1 aromatic carbocycles. The van der Waals surface area contributed by atoms with Gasteiger partial charge in [0, 0.05) is 0 Å². The Kier molecular flexibility index (Phi) is 4.76. The largest absolute Gasteiger partial charge is 0.464 e. The lowest BCUT2D eigenvalue weighted by Gasteiger charge is -2.42. The maximum Gasteiger partial charge on any atom is 0.345 e. The molecule has 20 heavy (non-hydrogen) atoms. The smallest absolute Gasteiger partial charge is 0.345 e. The van der Waals surface area contributed by atoms with Crippen molar-refractivity contribution in [3.63, 3.8) is 0 Å². The molecule has 1 heterocycles. The van der Waals surface area contributed by atoms with Crippen LogP contribution < -0.4 is 0 Å². The summed E-state index contributed by atoms with van der Waals surface area (Å²) < 4.78 is 20.2. The Labute approximate surface area is 119 Å². The van der Waals surface area contributed by atoms with E-state index < -0.39 is 17.7 Å². The summed E-state index contributed by atoms with van der Waals surface area (Å²) in [5, 5.41) is 0. The molecular formula is C16H22FNO2. The van der Waals surface area contributed by atoms with Gasteiger partial charge in [0.05, 0.1) is 12.6 Å². The van der Waals surface area contributed by atoms with E-state index in [9.17, 15) is 4.79 Å². The quantitative estimate of drug-likeness (QED) is 0.793. The van der Waals surface area contributed by atoms with Gasteiger partial charge in [-0.15, -0.1) is 0 Å². The van der Waals surface area contributed by atoms with Gasteiger partial charge in [-0.05, 0) is 45.3 Å². The SMILES string of the molecule is CCOC(=O)C1(F)CCCN(C)C1Cc1ccccc1. The van der Waals surface area contributed by atoms with Crippen LogP contribution in [0.1, 0.15) is 25.3 Å². The van der Waals surface area contributed by atoms with Crippen LogP contribution in [0.2, 0.25) is 0 Å². The molecule has 1 aliphatic heterocycles. The number of halogens is 1. The van der Waals surface area contributed by atoms with Gasteiger partial charge in [-0.2, -0.15) is 0 Å². The lowest BCUT2D eigenvalue weighted by Crippen LogP contribution is -2.58. The number of benzene rings is 1. The van der Waals surface area contributed by atoms with Gasteiger partial charge in [0.25, 0.3) is 0 Å². The van der Waals surface area contributed by atoms with Crippen LogP contribution in [-0.2, 0) is 16.0 Å². The van der Waals surface area contributed by atoms with Gasteiger partial charge in [0.2, 0.25) is 5.67 Å². The summed E-state index contributed by atoms with van der Waals surface area (Å²) in [5.41, 5.74) is -0.864. The summed E-state index contributed by atoms with van der Waals surface area (Å²) in [7, 11) is 1.88. The van der Waals surface area contributed by atoms with Gasteiger partial charge in [0.1, 0.15) is 0 Å². The lowest BCUT2D eigenvalue weighted by atomic mass is 9.83. The third-order valence-corrected chi connectivity index (χ3v) is 4.00. The molecule has 2 unspecified atom stereocenters. The number of hydrogen-bond acceptors (Lipinski definition) is 3. The molecule has 0 spiro atoms. The molecule has 0 bridgehead atoms. The zero-order valence-electron chi connectivity index (χ0n) is 12.1. The minimum atomic E-state index is -1.90. The highest BCUT2D eigenvalue weighted by Crippen LogP contribution is 2.34. The fraction of sp³-hybridized carbons (Fsp3) is 0.562. The molecule has 1 aromatic rings. The second-order valence-electron chi connectivity index (χ2n) is 5.37. The number of esters is 1. The third kappa shape index (κ3) is 3.01. The van der Waals surface area contributed by atoms with Crippen LogP contribution in [0.3, 0.4) is 0 Å². The summed E-state index contributed by atoms with van der Waals surface area (Å²) >= 11 is 0. The van der Waals surface area contributed by atoms with Gasteiger partial charge >= 0.3 is 5.97 Å². The predicted octanol–water partition coefficient (Wildman–Crippen LogP) is 2.59. The molecule has 2 atom stereocenters. The first-order valence-electron chi connectivity index (χ1n) is 7.18. The average Bonchev–Trinajstić information content (AvgIpc) is 2.44. The highest BCUT2D eigenvalue weighted by atomic mass is 19.1. The van der Waals surface area contributed by atoms with Gasteiger partial charge in [-0.25, -0.2) is 9.18 Å². The van der Waals surface area contributed by atoms with Crippen LogP contribution in [0.25, 0.3) is 0 Å². The van der Waals surface area contributed by atoms with Gasteiger partial charge in [0.15, 0.2) is 0 Å². The topological polar surface area (TPSA) is 29.5 Å². The number of likely N-dealkylation sites (tertiary alicyclic amines) is 1. The Morgan fingerprint density at radius 1 is 1.45 bits per heavy atom. The standard InChI is InChI=1S/C16H22FNO2/c1-3-20-15(19)16(17)10-7-11-18(2)14(16)12-13-8-5-4-6-9-13/h4-6,8-9,14H,3,7,10-12H2,1-2H3. The van der Waals surface area contributed by atoms with Crippen molar-refractivity contribution in [3.8, 4) is 0 Å². The number of carbonyl (C=O) groups excluding carboxylic acids is 1. The molecule has 2 rings (SSSR count). The first kappa shape index (κ1) is 15.0. The Balaban J connectivity index is 2.22. The summed E-state index contributed by atoms with van der Waals surface area (Å²) in [6.45, 7) is 2.73. The van der Waals surface area contributed by atoms with Crippen molar-refractivity contribution >= 4 is 5.97 Å². The predicted molar refractivity (Wildman–Crippen MR) is 76.3 cm³/mol. The first-order valence-corrected chi connectivity index (χ1v) is 7.18. The van der Waals surface area contributed by atoms with Crippen LogP contribution in [0.4, 0.5) is 4.39 Å². The van der Waals surface area contributed by atoms with Crippen LogP contribution in [0.15, 0.2) is 30.3 Å². The van der Waals surface area contributed by atoms with Crippen molar-refractivity contribution < 1.29 is 13.9 Å². The molecule has 0 saturated carbocycles. The highest BCUT2D eigenvalue weighted by Gasteiger charge is 2.51. The second-order valence-corrected chi connectivity index (χ2v) is 5.37. The molecule has 1 saturated heterocycles. The zero-order valence-corrected chi connectivity index (χ0v) is 12.1. The highest BCUT2D eigenvalue weighted by molar-refractivity contribution is 5.80.